The van der Waals surface area contributed by atoms with Crippen LogP contribution in [0.5, 0.6) is 0 Å². The van der Waals surface area contributed by atoms with Gasteiger partial charge in [0.25, 0.3) is 5.91 Å². The minimum absolute atomic E-state index is 0.0627. The Hall–Kier alpha value is -2.11. The van der Waals surface area contributed by atoms with Gasteiger partial charge in [0.1, 0.15) is 5.69 Å². The number of carbonyl (C=O) groups excluding carboxylic acids is 3. The molecule has 1 aliphatic heterocycles. The van der Waals surface area contributed by atoms with Crippen molar-refractivity contribution in [1.29, 1.82) is 0 Å². The molecule has 1 N–H and O–H groups in total. The molecule has 6 nitrogen and oxygen atoms in total. The highest BCUT2D eigenvalue weighted by Gasteiger charge is 2.31. The molecule has 2 amide bonds. The SMILES string of the molecule is CC(=O)c1c[nH]c(C(=O)N2CCN(C(=O)C3CCCC3)CC2)c1. The second-order valence-electron chi connectivity index (χ2n) is 6.46. The molecule has 23 heavy (non-hydrogen) atoms. The number of aromatic amines is 1. The van der Waals surface area contributed by atoms with Gasteiger partial charge in [-0.2, -0.15) is 0 Å². The molecule has 2 heterocycles. The molecule has 2 aliphatic rings. The molecule has 1 aliphatic carbocycles. The van der Waals surface area contributed by atoms with E-state index in [4.69, 9.17) is 0 Å². The summed E-state index contributed by atoms with van der Waals surface area (Å²) < 4.78 is 0. The van der Waals surface area contributed by atoms with Crippen LogP contribution in [0.3, 0.4) is 0 Å². The van der Waals surface area contributed by atoms with Crippen molar-refractivity contribution in [3.63, 3.8) is 0 Å². The normalized spacial score (nSPS) is 19.2. The Bertz CT molecular complexity index is 608. The molecular weight excluding hydrogens is 294 g/mol. The van der Waals surface area contributed by atoms with Crippen LogP contribution in [0.1, 0.15) is 53.5 Å². The fourth-order valence-corrected chi connectivity index (χ4v) is 3.45. The lowest BCUT2D eigenvalue weighted by atomic mass is 10.1. The number of hydrogen-bond donors (Lipinski definition) is 1. The zero-order valence-corrected chi connectivity index (χ0v) is 13.5. The van der Waals surface area contributed by atoms with Crippen LogP contribution in [0.15, 0.2) is 12.3 Å². The number of piperazine rings is 1. The van der Waals surface area contributed by atoms with E-state index in [1.807, 2.05) is 4.90 Å². The Morgan fingerprint density at radius 2 is 1.65 bits per heavy atom. The number of hydrogen-bond acceptors (Lipinski definition) is 3. The monoisotopic (exact) mass is 317 g/mol. The van der Waals surface area contributed by atoms with E-state index in [0.29, 0.717) is 37.4 Å². The van der Waals surface area contributed by atoms with Crippen molar-refractivity contribution in [2.45, 2.75) is 32.6 Å². The predicted octanol–water partition coefficient (Wildman–Crippen LogP) is 1.69. The molecule has 1 aromatic rings. The van der Waals surface area contributed by atoms with Crippen LogP contribution >= 0.6 is 0 Å². The number of carbonyl (C=O) groups is 3. The zero-order chi connectivity index (χ0) is 16.4. The van der Waals surface area contributed by atoms with Gasteiger partial charge in [-0.3, -0.25) is 14.4 Å². The highest BCUT2D eigenvalue weighted by Crippen LogP contribution is 2.27. The van der Waals surface area contributed by atoms with Crippen molar-refractivity contribution < 1.29 is 14.4 Å². The summed E-state index contributed by atoms with van der Waals surface area (Å²) in [4.78, 5) is 42.7. The summed E-state index contributed by atoms with van der Waals surface area (Å²) in [7, 11) is 0. The van der Waals surface area contributed by atoms with Crippen LogP contribution in [0.25, 0.3) is 0 Å². The third-order valence-corrected chi connectivity index (χ3v) is 4.90. The van der Waals surface area contributed by atoms with Crippen molar-refractivity contribution in [3.05, 3.63) is 23.5 Å². The van der Waals surface area contributed by atoms with Gasteiger partial charge in [0.2, 0.25) is 5.91 Å². The predicted molar refractivity (Wildman–Crippen MR) is 85.2 cm³/mol. The molecule has 1 aromatic heterocycles. The third-order valence-electron chi connectivity index (χ3n) is 4.90. The number of nitrogens with zero attached hydrogens (tertiary/aromatic N) is 2. The van der Waals surface area contributed by atoms with Crippen molar-refractivity contribution >= 4 is 17.6 Å². The van der Waals surface area contributed by atoms with E-state index in [2.05, 4.69) is 4.98 Å². The summed E-state index contributed by atoms with van der Waals surface area (Å²) in [5.74, 6) is 0.282. The standard InChI is InChI=1S/C17H23N3O3/c1-12(21)14-10-15(18-11-14)17(23)20-8-6-19(7-9-20)16(22)13-4-2-3-5-13/h10-11,13,18H,2-9H2,1H3. The highest BCUT2D eigenvalue weighted by atomic mass is 16.2. The second kappa shape index (κ2) is 6.56. The summed E-state index contributed by atoms with van der Waals surface area (Å²) >= 11 is 0. The van der Waals surface area contributed by atoms with Gasteiger partial charge in [0, 0.05) is 43.9 Å². The lowest BCUT2D eigenvalue weighted by Crippen LogP contribution is -2.51. The first kappa shape index (κ1) is 15.8. The number of H-pyrrole nitrogens is 1. The van der Waals surface area contributed by atoms with Crippen molar-refractivity contribution in [2.75, 3.05) is 26.2 Å². The van der Waals surface area contributed by atoms with Gasteiger partial charge in [-0.05, 0) is 25.8 Å². The van der Waals surface area contributed by atoms with Crippen LogP contribution in [0.2, 0.25) is 0 Å². The van der Waals surface area contributed by atoms with Crippen LogP contribution in [-0.4, -0.2) is 58.6 Å². The summed E-state index contributed by atoms with van der Waals surface area (Å²) in [6.45, 7) is 3.77. The molecule has 0 spiro atoms. The quantitative estimate of drug-likeness (QED) is 0.862. The summed E-state index contributed by atoms with van der Waals surface area (Å²) in [6, 6.07) is 1.60. The minimum atomic E-state index is -0.106. The first-order chi connectivity index (χ1) is 11.1. The van der Waals surface area contributed by atoms with Gasteiger partial charge in [0.15, 0.2) is 5.78 Å². The molecule has 124 valence electrons. The van der Waals surface area contributed by atoms with Crippen LogP contribution < -0.4 is 0 Å². The number of nitrogens with one attached hydrogen (secondary N) is 1. The van der Waals surface area contributed by atoms with E-state index in [1.165, 1.54) is 6.92 Å². The molecule has 0 unspecified atom stereocenters. The second-order valence-corrected chi connectivity index (χ2v) is 6.46. The highest BCUT2D eigenvalue weighted by molar-refractivity contribution is 5.99. The Kier molecular flexibility index (Phi) is 4.50. The summed E-state index contributed by atoms with van der Waals surface area (Å²) in [5, 5.41) is 0. The first-order valence-corrected chi connectivity index (χ1v) is 8.33. The fourth-order valence-electron chi connectivity index (χ4n) is 3.45. The Morgan fingerprint density at radius 1 is 1.04 bits per heavy atom. The fraction of sp³-hybridized carbons (Fsp3) is 0.588. The van der Waals surface area contributed by atoms with E-state index in [0.717, 1.165) is 25.7 Å². The topological polar surface area (TPSA) is 73.5 Å². The van der Waals surface area contributed by atoms with E-state index in [1.54, 1.807) is 17.2 Å². The molecule has 1 saturated heterocycles. The maximum Gasteiger partial charge on any atom is 0.270 e. The Labute approximate surface area is 135 Å². The molecule has 2 fully saturated rings. The molecule has 0 aromatic carbocycles. The van der Waals surface area contributed by atoms with Crippen molar-refractivity contribution in [3.8, 4) is 0 Å². The van der Waals surface area contributed by atoms with Gasteiger partial charge in [-0.25, -0.2) is 0 Å². The van der Waals surface area contributed by atoms with Crippen LogP contribution in [0.4, 0.5) is 0 Å². The van der Waals surface area contributed by atoms with Crippen molar-refractivity contribution in [2.24, 2.45) is 5.92 Å². The zero-order valence-electron chi connectivity index (χ0n) is 13.5. The first-order valence-electron chi connectivity index (χ1n) is 8.33. The number of aromatic nitrogens is 1. The third kappa shape index (κ3) is 3.30. The van der Waals surface area contributed by atoms with Crippen LogP contribution in [0, 0.1) is 5.92 Å². The molecule has 1 saturated carbocycles. The van der Waals surface area contributed by atoms with Crippen molar-refractivity contribution in [1.82, 2.24) is 14.8 Å². The molecule has 0 bridgehead atoms. The molecule has 6 heteroatoms. The van der Waals surface area contributed by atoms with E-state index < -0.39 is 0 Å². The van der Waals surface area contributed by atoms with E-state index in [9.17, 15) is 14.4 Å². The number of Topliss-reactive ketones (excluding diaryl/α,β-unsaturated/α-hetero) is 1. The minimum Gasteiger partial charge on any atom is -0.356 e. The number of ketones is 1. The maximum absolute atomic E-state index is 12.4. The maximum atomic E-state index is 12.4. The van der Waals surface area contributed by atoms with Gasteiger partial charge < -0.3 is 14.8 Å². The molecule has 0 radical (unpaired) electrons. The van der Waals surface area contributed by atoms with Gasteiger partial charge in [0.05, 0.1) is 0 Å². The molecule has 0 atom stereocenters. The Balaban J connectivity index is 1.56. The van der Waals surface area contributed by atoms with E-state index >= 15 is 0 Å². The number of amides is 2. The lowest BCUT2D eigenvalue weighted by Gasteiger charge is -2.35. The largest absolute Gasteiger partial charge is 0.356 e. The lowest BCUT2D eigenvalue weighted by molar-refractivity contribution is -0.136. The van der Waals surface area contributed by atoms with Crippen LogP contribution in [-0.2, 0) is 4.79 Å². The summed E-state index contributed by atoms with van der Waals surface area (Å²) in [5.41, 5.74) is 0.953. The summed E-state index contributed by atoms with van der Waals surface area (Å²) in [6.07, 6.45) is 5.89. The van der Waals surface area contributed by atoms with Gasteiger partial charge in [-0.1, -0.05) is 12.8 Å². The Morgan fingerprint density at radius 3 is 2.22 bits per heavy atom. The number of rotatable bonds is 3. The average molecular weight is 317 g/mol. The smallest absolute Gasteiger partial charge is 0.270 e. The molecule has 3 rings (SSSR count). The van der Waals surface area contributed by atoms with Gasteiger partial charge >= 0.3 is 0 Å². The van der Waals surface area contributed by atoms with Gasteiger partial charge in [-0.15, -0.1) is 0 Å². The molecular formula is C17H23N3O3. The van der Waals surface area contributed by atoms with E-state index in [-0.39, 0.29) is 23.5 Å². The average Bonchev–Trinajstić information content (AvgIpc) is 3.25.